The average Bonchev–Trinajstić information content (AvgIpc) is 3.01. The minimum Gasteiger partial charge on any atom is -0.497 e. The first kappa shape index (κ1) is 20.0. The normalized spacial score (nSPS) is 11.6. The molecule has 8 nitrogen and oxygen atoms in total. The number of sulfonamides is 1. The summed E-state index contributed by atoms with van der Waals surface area (Å²) in [5, 5.41) is 4.28. The second kappa shape index (κ2) is 8.07. The van der Waals surface area contributed by atoms with Crippen LogP contribution in [0.25, 0.3) is 11.3 Å². The van der Waals surface area contributed by atoms with E-state index in [1.54, 1.807) is 31.7 Å². The van der Waals surface area contributed by atoms with Gasteiger partial charge in [-0.1, -0.05) is 0 Å². The van der Waals surface area contributed by atoms with Gasteiger partial charge in [0, 0.05) is 12.1 Å². The smallest absolute Gasteiger partial charge is 0.244 e. The van der Waals surface area contributed by atoms with Gasteiger partial charge in [0.25, 0.3) is 0 Å². The van der Waals surface area contributed by atoms with Crippen LogP contribution in [0.3, 0.4) is 0 Å². The Hall–Kier alpha value is -2.78. The quantitative estimate of drug-likeness (QED) is 0.653. The van der Waals surface area contributed by atoms with Gasteiger partial charge >= 0.3 is 0 Å². The minimum atomic E-state index is -3.71. The van der Waals surface area contributed by atoms with Crippen LogP contribution < -0.4 is 9.46 Å². The molecule has 0 radical (unpaired) electrons. The zero-order valence-corrected chi connectivity index (χ0v) is 17.1. The summed E-state index contributed by atoms with van der Waals surface area (Å²) >= 11 is 0. The van der Waals surface area contributed by atoms with Gasteiger partial charge in [-0.05, 0) is 51.1 Å². The topological polar surface area (TPSA) is 99.0 Å². The maximum Gasteiger partial charge on any atom is 0.244 e. The first-order valence-corrected chi connectivity index (χ1v) is 10.3. The van der Waals surface area contributed by atoms with Crippen molar-refractivity contribution in [1.29, 1.82) is 0 Å². The largest absolute Gasteiger partial charge is 0.497 e. The molecule has 0 aliphatic rings. The molecule has 3 aromatic rings. The molecular formula is C19H23N5O3S. The monoisotopic (exact) mass is 401 g/mol. The molecule has 0 bridgehead atoms. The molecule has 2 heterocycles. The van der Waals surface area contributed by atoms with E-state index in [9.17, 15) is 8.42 Å². The molecule has 0 atom stereocenters. The summed E-state index contributed by atoms with van der Waals surface area (Å²) in [6.45, 7) is 6.04. The average molecular weight is 401 g/mol. The summed E-state index contributed by atoms with van der Waals surface area (Å²) in [5.41, 5.74) is 3.27. The van der Waals surface area contributed by atoms with E-state index < -0.39 is 10.0 Å². The first-order chi connectivity index (χ1) is 13.4. The molecule has 28 heavy (non-hydrogen) atoms. The number of rotatable bonds is 7. The van der Waals surface area contributed by atoms with Crippen molar-refractivity contribution in [2.24, 2.45) is 0 Å². The van der Waals surface area contributed by atoms with E-state index in [0.717, 1.165) is 11.3 Å². The van der Waals surface area contributed by atoms with Crippen molar-refractivity contribution in [1.82, 2.24) is 24.5 Å². The second-order valence-electron chi connectivity index (χ2n) is 6.26. The number of hydrogen-bond donors (Lipinski definition) is 1. The van der Waals surface area contributed by atoms with Gasteiger partial charge in [-0.15, -0.1) is 0 Å². The third-order valence-electron chi connectivity index (χ3n) is 4.44. The summed E-state index contributed by atoms with van der Waals surface area (Å²) in [4.78, 5) is 8.67. The molecule has 148 valence electrons. The van der Waals surface area contributed by atoms with Crippen LogP contribution in [0.4, 0.5) is 0 Å². The highest BCUT2D eigenvalue weighted by atomic mass is 32.2. The number of nitrogens with zero attached hydrogens (tertiary/aromatic N) is 4. The van der Waals surface area contributed by atoms with Crippen LogP contribution in [0.1, 0.15) is 24.0 Å². The Labute approximate surface area is 164 Å². The van der Waals surface area contributed by atoms with Crippen LogP contribution in [0.15, 0.2) is 41.6 Å². The molecule has 0 amide bonds. The lowest BCUT2D eigenvalue weighted by atomic mass is 10.1. The van der Waals surface area contributed by atoms with Crippen LogP contribution in [0, 0.1) is 13.8 Å². The van der Waals surface area contributed by atoms with Gasteiger partial charge in [0.2, 0.25) is 10.0 Å². The number of aromatic nitrogens is 4. The zero-order chi connectivity index (χ0) is 20.3. The molecule has 0 saturated carbocycles. The fourth-order valence-corrected chi connectivity index (χ4v) is 4.44. The zero-order valence-electron chi connectivity index (χ0n) is 16.3. The summed E-state index contributed by atoms with van der Waals surface area (Å²) in [7, 11) is -2.10. The number of aryl methyl sites for hydroxylation is 2. The molecule has 1 N–H and O–H groups in total. The lowest BCUT2D eigenvalue weighted by Gasteiger charge is -2.08. The van der Waals surface area contributed by atoms with Crippen molar-refractivity contribution in [3.05, 3.63) is 53.7 Å². The highest BCUT2D eigenvalue weighted by Crippen LogP contribution is 2.22. The van der Waals surface area contributed by atoms with E-state index >= 15 is 0 Å². The Balaban J connectivity index is 1.80. The van der Waals surface area contributed by atoms with Gasteiger partial charge in [-0.25, -0.2) is 23.1 Å². The third kappa shape index (κ3) is 4.05. The standard InChI is InChI=1S/C19H23N5O3S/c1-5-24-14(3)19(13(2)23-24)28(25,26)22-11-16-10-18(21-12-20-16)15-6-8-17(27-4)9-7-15/h6-10,12,22H,5,11H2,1-4H3. The molecule has 0 aliphatic heterocycles. The van der Waals surface area contributed by atoms with Crippen molar-refractivity contribution in [2.75, 3.05) is 7.11 Å². The van der Waals surface area contributed by atoms with Crippen molar-refractivity contribution >= 4 is 10.0 Å². The van der Waals surface area contributed by atoms with Crippen LogP contribution in [0.2, 0.25) is 0 Å². The molecule has 0 aliphatic carbocycles. The van der Waals surface area contributed by atoms with Gasteiger partial charge in [-0.3, -0.25) is 4.68 Å². The Morgan fingerprint density at radius 2 is 1.86 bits per heavy atom. The van der Waals surface area contributed by atoms with E-state index in [4.69, 9.17) is 4.74 Å². The van der Waals surface area contributed by atoms with E-state index in [1.165, 1.54) is 6.33 Å². The summed E-state index contributed by atoms with van der Waals surface area (Å²) < 4.78 is 35.0. The number of benzene rings is 1. The Bertz CT molecular complexity index is 1080. The van der Waals surface area contributed by atoms with Gasteiger partial charge in [0.15, 0.2) is 0 Å². The van der Waals surface area contributed by atoms with Crippen molar-refractivity contribution in [3.63, 3.8) is 0 Å². The lowest BCUT2D eigenvalue weighted by Crippen LogP contribution is -2.25. The molecular weight excluding hydrogens is 378 g/mol. The van der Waals surface area contributed by atoms with Crippen molar-refractivity contribution < 1.29 is 13.2 Å². The predicted octanol–water partition coefficient (Wildman–Crippen LogP) is 2.46. The number of nitrogens with one attached hydrogen (secondary N) is 1. The maximum absolute atomic E-state index is 12.8. The van der Waals surface area contributed by atoms with E-state index in [-0.39, 0.29) is 11.4 Å². The van der Waals surface area contributed by atoms with E-state index in [2.05, 4.69) is 19.8 Å². The van der Waals surface area contributed by atoms with Crippen LogP contribution >= 0.6 is 0 Å². The van der Waals surface area contributed by atoms with Crippen molar-refractivity contribution in [3.8, 4) is 17.0 Å². The number of methoxy groups -OCH3 is 1. The maximum atomic E-state index is 12.8. The Morgan fingerprint density at radius 3 is 2.46 bits per heavy atom. The fourth-order valence-electron chi connectivity index (χ4n) is 3.03. The summed E-state index contributed by atoms with van der Waals surface area (Å²) in [6, 6.07) is 9.23. The van der Waals surface area contributed by atoms with Gasteiger partial charge < -0.3 is 4.74 Å². The molecule has 0 fully saturated rings. The third-order valence-corrected chi connectivity index (χ3v) is 6.09. The SMILES string of the molecule is CCn1nc(C)c(S(=O)(=O)NCc2cc(-c3ccc(OC)cc3)ncn2)c1C. The Morgan fingerprint density at radius 1 is 1.14 bits per heavy atom. The fraction of sp³-hybridized carbons (Fsp3) is 0.316. The first-order valence-electron chi connectivity index (χ1n) is 8.84. The summed E-state index contributed by atoms with van der Waals surface area (Å²) in [6.07, 6.45) is 1.43. The van der Waals surface area contributed by atoms with E-state index in [1.807, 2.05) is 31.2 Å². The van der Waals surface area contributed by atoms with Crippen LogP contribution in [0.5, 0.6) is 5.75 Å². The van der Waals surface area contributed by atoms with Gasteiger partial charge in [0.1, 0.15) is 17.0 Å². The Kier molecular flexibility index (Phi) is 5.76. The molecule has 0 spiro atoms. The van der Waals surface area contributed by atoms with Crippen molar-refractivity contribution in [2.45, 2.75) is 38.8 Å². The summed E-state index contributed by atoms with van der Waals surface area (Å²) in [5.74, 6) is 0.754. The molecule has 1 aromatic carbocycles. The van der Waals surface area contributed by atoms with Crippen LogP contribution in [-0.2, 0) is 23.1 Å². The number of hydrogen-bond acceptors (Lipinski definition) is 6. The molecule has 0 saturated heterocycles. The van der Waals surface area contributed by atoms with Gasteiger partial charge in [-0.2, -0.15) is 5.10 Å². The second-order valence-corrected chi connectivity index (χ2v) is 7.97. The predicted molar refractivity (Wildman–Crippen MR) is 105 cm³/mol. The van der Waals surface area contributed by atoms with E-state index in [0.29, 0.717) is 29.3 Å². The lowest BCUT2D eigenvalue weighted by molar-refractivity contribution is 0.415. The molecule has 0 unspecified atom stereocenters. The highest BCUT2D eigenvalue weighted by Gasteiger charge is 2.24. The minimum absolute atomic E-state index is 0.0597. The number of ether oxygens (including phenoxy) is 1. The van der Waals surface area contributed by atoms with Gasteiger partial charge in [0.05, 0.1) is 36.4 Å². The molecule has 9 heteroatoms. The highest BCUT2D eigenvalue weighted by molar-refractivity contribution is 7.89. The van der Waals surface area contributed by atoms with Crippen LogP contribution in [-0.4, -0.2) is 35.3 Å². The molecule has 3 rings (SSSR count). The molecule has 2 aromatic heterocycles.